The van der Waals surface area contributed by atoms with E-state index < -0.39 is 12.1 Å². The zero-order valence-corrected chi connectivity index (χ0v) is 16.0. The summed E-state index contributed by atoms with van der Waals surface area (Å²) in [4.78, 5) is 3.14. The molecule has 1 saturated heterocycles. The first-order valence-corrected chi connectivity index (χ1v) is 9.63. The van der Waals surface area contributed by atoms with Gasteiger partial charge in [-0.15, -0.1) is 0 Å². The second kappa shape index (κ2) is 8.10. The van der Waals surface area contributed by atoms with Gasteiger partial charge in [-0.25, -0.2) is 8.70 Å². The maximum absolute atomic E-state index is 13.1. The summed E-state index contributed by atoms with van der Waals surface area (Å²) in [6.07, 6.45) is -4.22. The lowest BCUT2D eigenvalue weighted by molar-refractivity contribution is -0.146. The van der Waals surface area contributed by atoms with Crippen molar-refractivity contribution in [1.29, 1.82) is 0 Å². The molecule has 0 saturated carbocycles. The number of benzene rings is 2. The van der Waals surface area contributed by atoms with Crippen LogP contribution in [0.2, 0.25) is 0 Å². The summed E-state index contributed by atoms with van der Waals surface area (Å²) in [6.45, 7) is 5.72. The largest absolute Gasteiger partial charge is 0.395 e. The highest BCUT2D eigenvalue weighted by atomic mass is 32.2. The summed E-state index contributed by atoms with van der Waals surface area (Å²) in [6, 6.07) is 13.4. The van der Waals surface area contributed by atoms with E-state index in [1.54, 1.807) is 48.3 Å². The van der Waals surface area contributed by atoms with E-state index in [9.17, 15) is 17.6 Å². The second-order valence-corrected chi connectivity index (χ2v) is 7.96. The van der Waals surface area contributed by atoms with Gasteiger partial charge in [0.25, 0.3) is 0 Å². The highest BCUT2D eigenvalue weighted by Gasteiger charge is 2.36. The number of rotatable bonds is 4. The van der Waals surface area contributed by atoms with Crippen molar-refractivity contribution in [3.63, 3.8) is 0 Å². The number of nitrogens with zero attached hydrogens (tertiary/aromatic N) is 2. The fraction of sp³-hybridized carbons (Fsp3) is 0.400. The molecule has 2 atom stereocenters. The van der Waals surface area contributed by atoms with E-state index in [1.165, 1.54) is 19.1 Å². The summed E-state index contributed by atoms with van der Waals surface area (Å²) in [5.41, 5.74) is 1.28. The Morgan fingerprint density at radius 3 is 2.19 bits per heavy atom. The Hall–Kier alpha value is -1.73. The van der Waals surface area contributed by atoms with Crippen LogP contribution in [0.4, 0.5) is 23.2 Å². The lowest BCUT2D eigenvalue weighted by Crippen LogP contribution is -2.49. The van der Waals surface area contributed by atoms with Crippen molar-refractivity contribution in [2.75, 3.05) is 24.5 Å². The second-order valence-electron chi connectivity index (χ2n) is 6.84. The highest BCUT2D eigenvalue weighted by Crippen LogP contribution is 2.35. The molecule has 1 heterocycles. The van der Waals surface area contributed by atoms with Crippen LogP contribution in [0.25, 0.3) is 0 Å². The standard InChI is InChI=1S/C20H22F4N2S/c1-14-13-25(18-7-5-17(21)6-8-18)11-12-26(14)27-19-9-3-16(4-10-19)15(2)20(22,23)24/h3-10,14-15H,11-13H2,1-2H3. The zero-order chi connectivity index (χ0) is 19.6. The molecule has 0 radical (unpaired) electrons. The van der Waals surface area contributed by atoms with Gasteiger partial charge in [0.15, 0.2) is 0 Å². The number of anilines is 1. The molecule has 3 rings (SSSR count). The van der Waals surface area contributed by atoms with Gasteiger partial charge in [0.1, 0.15) is 5.82 Å². The lowest BCUT2D eigenvalue weighted by atomic mass is 10.0. The molecule has 27 heavy (non-hydrogen) atoms. The molecule has 0 aromatic heterocycles. The van der Waals surface area contributed by atoms with E-state index in [-0.39, 0.29) is 17.4 Å². The topological polar surface area (TPSA) is 6.48 Å². The predicted molar refractivity (Wildman–Crippen MR) is 102 cm³/mol. The highest BCUT2D eigenvalue weighted by molar-refractivity contribution is 7.97. The average Bonchev–Trinajstić information content (AvgIpc) is 2.63. The number of piperazine rings is 1. The molecule has 0 spiro atoms. The monoisotopic (exact) mass is 398 g/mol. The van der Waals surface area contributed by atoms with E-state index in [0.717, 1.165) is 30.2 Å². The van der Waals surface area contributed by atoms with Crippen LogP contribution < -0.4 is 4.90 Å². The first kappa shape index (κ1) is 20.0. The molecule has 0 aliphatic carbocycles. The fourth-order valence-corrected chi connectivity index (χ4v) is 4.05. The average molecular weight is 398 g/mol. The third-order valence-electron chi connectivity index (χ3n) is 4.85. The quantitative estimate of drug-likeness (QED) is 0.481. The van der Waals surface area contributed by atoms with Crippen LogP contribution in [0.5, 0.6) is 0 Å². The van der Waals surface area contributed by atoms with Crippen LogP contribution in [0, 0.1) is 5.82 Å². The zero-order valence-electron chi connectivity index (χ0n) is 15.2. The van der Waals surface area contributed by atoms with Gasteiger partial charge in [-0.2, -0.15) is 13.2 Å². The smallest absolute Gasteiger partial charge is 0.369 e. The summed E-state index contributed by atoms with van der Waals surface area (Å²) < 4.78 is 53.8. The maximum Gasteiger partial charge on any atom is 0.395 e. The van der Waals surface area contributed by atoms with E-state index >= 15 is 0 Å². The van der Waals surface area contributed by atoms with Gasteiger partial charge in [-0.1, -0.05) is 12.1 Å². The van der Waals surface area contributed by atoms with Crippen LogP contribution in [0.15, 0.2) is 53.4 Å². The van der Waals surface area contributed by atoms with Crippen molar-refractivity contribution in [2.45, 2.75) is 36.9 Å². The molecule has 2 aromatic rings. The van der Waals surface area contributed by atoms with E-state index in [2.05, 4.69) is 16.1 Å². The molecule has 1 aliphatic rings. The van der Waals surface area contributed by atoms with E-state index in [1.807, 2.05) is 0 Å². The van der Waals surface area contributed by atoms with E-state index in [0.29, 0.717) is 0 Å². The minimum Gasteiger partial charge on any atom is -0.369 e. The molecule has 2 aromatic carbocycles. The molecule has 2 nitrogen and oxygen atoms in total. The minimum absolute atomic E-state index is 0.246. The summed E-state index contributed by atoms with van der Waals surface area (Å²) >= 11 is 1.57. The molecular formula is C20H22F4N2S. The van der Waals surface area contributed by atoms with Crippen LogP contribution >= 0.6 is 11.9 Å². The van der Waals surface area contributed by atoms with Gasteiger partial charge in [0, 0.05) is 36.3 Å². The Kier molecular flexibility index (Phi) is 6.01. The molecule has 146 valence electrons. The van der Waals surface area contributed by atoms with Gasteiger partial charge in [-0.05, 0) is 67.8 Å². The summed E-state index contributed by atoms with van der Waals surface area (Å²) in [5.74, 6) is -1.71. The molecule has 2 unspecified atom stereocenters. The van der Waals surface area contributed by atoms with Crippen molar-refractivity contribution in [2.24, 2.45) is 0 Å². The Bertz CT molecular complexity index is 746. The van der Waals surface area contributed by atoms with Gasteiger partial charge in [0.05, 0.1) is 5.92 Å². The molecule has 7 heteroatoms. The molecule has 0 amide bonds. The molecule has 0 bridgehead atoms. The Labute approximate surface area is 161 Å². The van der Waals surface area contributed by atoms with Gasteiger partial charge in [0.2, 0.25) is 0 Å². The van der Waals surface area contributed by atoms with Crippen molar-refractivity contribution in [1.82, 2.24) is 4.31 Å². The van der Waals surface area contributed by atoms with Gasteiger partial charge < -0.3 is 4.90 Å². The van der Waals surface area contributed by atoms with Crippen LogP contribution in [0.3, 0.4) is 0 Å². The SMILES string of the molecule is CC1CN(c2ccc(F)cc2)CCN1Sc1ccc(C(C)C(F)(F)F)cc1. The maximum atomic E-state index is 13.1. The van der Waals surface area contributed by atoms with Crippen molar-refractivity contribution < 1.29 is 17.6 Å². The fourth-order valence-electron chi connectivity index (χ4n) is 3.10. The molecule has 1 aliphatic heterocycles. The normalized spacial score (nSPS) is 19.9. The Morgan fingerprint density at radius 1 is 1.00 bits per heavy atom. The predicted octanol–water partition coefficient (Wildman–Crippen LogP) is 5.71. The van der Waals surface area contributed by atoms with Gasteiger partial charge >= 0.3 is 6.18 Å². The number of alkyl halides is 3. The Balaban J connectivity index is 1.60. The number of halogens is 4. The summed E-state index contributed by atoms with van der Waals surface area (Å²) in [5, 5.41) is 0. The first-order valence-electron chi connectivity index (χ1n) is 8.86. The first-order chi connectivity index (χ1) is 12.7. The molecular weight excluding hydrogens is 376 g/mol. The third kappa shape index (κ3) is 4.96. The van der Waals surface area contributed by atoms with Crippen molar-refractivity contribution >= 4 is 17.6 Å². The lowest BCUT2D eigenvalue weighted by Gasteiger charge is -2.40. The van der Waals surface area contributed by atoms with Crippen molar-refractivity contribution in [3.05, 3.63) is 59.9 Å². The summed E-state index contributed by atoms with van der Waals surface area (Å²) in [7, 11) is 0. The van der Waals surface area contributed by atoms with Gasteiger partial charge in [-0.3, -0.25) is 0 Å². The number of hydrogen-bond acceptors (Lipinski definition) is 3. The molecule has 0 N–H and O–H groups in total. The van der Waals surface area contributed by atoms with Crippen LogP contribution in [0.1, 0.15) is 25.3 Å². The van der Waals surface area contributed by atoms with Crippen LogP contribution in [-0.4, -0.2) is 36.2 Å². The van der Waals surface area contributed by atoms with Crippen LogP contribution in [-0.2, 0) is 0 Å². The number of hydrogen-bond donors (Lipinski definition) is 0. The van der Waals surface area contributed by atoms with E-state index in [4.69, 9.17) is 0 Å². The third-order valence-corrected chi connectivity index (χ3v) is 6.11. The Morgan fingerprint density at radius 2 is 1.63 bits per heavy atom. The molecule has 1 fully saturated rings. The van der Waals surface area contributed by atoms with Crippen molar-refractivity contribution in [3.8, 4) is 0 Å². The minimum atomic E-state index is -4.22.